The normalized spacial score (nSPS) is 10.1. The van der Waals surface area contributed by atoms with E-state index in [9.17, 15) is 19.2 Å². The van der Waals surface area contributed by atoms with E-state index in [4.69, 9.17) is 18.9 Å². The number of carbonyl (C=O) groups is 4. The number of carbonyl (C=O) groups excluding carboxylic acids is 4. The van der Waals surface area contributed by atoms with Crippen molar-refractivity contribution in [1.82, 2.24) is 0 Å². The Morgan fingerprint density at radius 3 is 1.65 bits per heavy atom. The van der Waals surface area contributed by atoms with Gasteiger partial charge in [0.05, 0.1) is 0 Å². The number of esters is 3. The van der Waals surface area contributed by atoms with Gasteiger partial charge in [-0.2, -0.15) is 0 Å². The van der Waals surface area contributed by atoms with Crippen LogP contribution in [0.3, 0.4) is 0 Å². The fourth-order valence-corrected chi connectivity index (χ4v) is 2.85. The van der Waals surface area contributed by atoms with Crippen LogP contribution in [0.4, 0.5) is 5.69 Å². The molecule has 0 spiro atoms. The zero-order valence-electron chi connectivity index (χ0n) is 18.6. The molecule has 0 saturated heterocycles. The molecule has 0 radical (unpaired) electrons. The predicted octanol–water partition coefficient (Wildman–Crippen LogP) is 4.51. The van der Waals surface area contributed by atoms with Gasteiger partial charge in [-0.25, -0.2) is 0 Å². The topological polar surface area (TPSA) is 117 Å². The van der Waals surface area contributed by atoms with Gasteiger partial charge in [-0.15, -0.1) is 0 Å². The molecular formula is C25H21NO8. The van der Waals surface area contributed by atoms with Crippen molar-refractivity contribution in [2.45, 2.75) is 20.8 Å². The zero-order valence-corrected chi connectivity index (χ0v) is 18.6. The van der Waals surface area contributed by atoms with Gasteiger partial charge in [0.15, 0.2) is 11.5 Å². The molecule has 3 rings (SSSR count). The molecule has 0 aliphatic heterocycles. The number of nitrogens with one attached hydrogen (secondary N) is 1. The molecule has 0 aromatic heterocycles. The lowest BCUT2D eigenvalue weighted by atomic mass is 10.1. The smallest absolute Gasteiger partial charge is 0.308 e. The highest BCUT2D eigenvalue weighted by molar-refractivity contribution is 6.05. The lowest BCUT2D eigenvalue weighted by Gasteiger charge is -2.15. The van der Waals surface area contributed by atoms with Crippen LogP contribution in [0.25, 0.3) is 0 Å². The summed E-state index contributed by atoms with van der Waals surface area (Å²) in [5.74, 6) is -2.34. The van der Waals surface area contributed by atoms with Crippen molar-refractivity contribution < 1.29 is 38.1 Å². The standard InChI is InChI=1S/C25H21NO8/c1-15(27)31-22-13-18(14-23(32-16(2)28)24(22)33-17(3)29)25(30)26-19-9-11-21(12-10-19)34-20-7-5-4-6-8-20/h4-14H,1-3H3,(H,26,30). The number of ether oxygens (including phenoxy) is 4. The summed E-state index contributed by atoms with van der Waals surface area (Å²) in [6.07, 6.45) is 0. The molecule has 0 aliphatic carbocycles. The van der Waals surface area contributed by atoms with Crippen molar-refractivity contribution in [3.05, 3.63) is 72.3 Å². The average molecular weight is 463 g/mol. The first-order valence-corrected chi connectivity index (χ1v) is 10.1. The minimum atomic E-state index is -0.739. The molecule has 1 amide bonds. The number of amides is 1. The maximum atomic E-state index is 12.9. The summed E-state index contributed by atoms with van der Waals surface area (Å²) in [5.41, 5.74) is 0.450. The molecule has 9 nitrogen and oxygen atoms in total. The molecule has 0 aliphatic rings. The molecule has 0 bridgehead atoms. The van der Waals surface area contributed by atoms with Crippen LogP contribution in [0.1, 0.15) is 31.1 Å². The molecule has 174 valence electrons. The minimum Gasteiger partial charge on any atom is -0.457 e. The fraction of sp³-hybridized carbons (Fsp3) is 0.120. The van der Waals surface area contributed by atoms with Crippen molar-refractivity contribution in [2.24, 2.45) is 0 Å². The fourth-order valence-electron chi connectivity index (χ4n) is 2.85. The van der Waals surface area contributed by atoms with Crippen LogP contribution in [0.5, 0.6) is 28.7 Å². The second-order valence-corrected chi connectivity index (χ2v) is 6.98. The lowest BCUT2D eigenvalue weighted by Crippen LogP contribution is -2.15. The van der Waals surface area contributed by atoms with Gasteiger partial charge >= 0.3 is 17.9 Å². The predicted molar refractivity (Wildman–Crippen MR) is 121 cm³/mol. The Morgan fingerprint density at radius 2 is 1.15 bits per heavy atom. The van der Waals surface area contributed by atoms with Crippen LogP contribution < -0.4 is 24.3 Å². The van der Waals surface area contributed by atoms with E-state index in [0.29, 0.717) is 17.2 Å². The van der Waals surface area contributed by atoms with Gasteiger partial charge in [0.1, 0.15) is 11.5 Å². The van der Waals surface area contributed by atoms with E-state index in [0.717, 1.165) is 20.8 Å². The Bertz CT molecular complexity index is 1180. The largest absolute Gasteiger partial charge is 0.457 e. The monoisotopic (exact) mass is 463 g/mol. The average Bonchev–Trinajstić information content (AvgIpc) is 2.77. The van der Waals surface area contributed by atoms with E-state index < -0.39 is 23.8 Å². The third-order valence-corrected chi connectivity index (χ3v) is 4.13. The van der Waals surface area contributed by atoms with E-state index >= 15 is 0 Å². The molecule has 0 saturated carbocycles. The van der Waals surface area contributed by atoms with Crippen LogP contribution in [-0.4, -0.2) is 23.8 Å². The summed E-state index contributed by atoms with van der Waals surface area (Å²) in [6, 6.07) is 18.3. The molecule has 0 heterocycles. The van der Waals surface area contributed by atoms with Crippen LogP contribution in [0, 0.1) is 0 Å². The quantitative estimate of drug-likeness (QED) is 0.402. The molecule has 0 fully saturated rings. The summed E-state index contributed by atoms with van der Waals surface area (Å²) < 4.78 is 20.9. The van der Waals surface area contributed by atoms with E-state index in [1.54, 1.807) is 24.3 Å². The first kappa shape index (κ1) is 24.0. The highest BCUT2D eigenvalue weighted by atomic mass is 16.6. The first-order chi connectivity index (χ1) is 16.2. The van der Waals surface area contributed by atoms with Crippen LogP contribution in [0.2, 0.25) is 0 Å². The third-order valence-electron chi connectivity index (χ3n) is 4.13. The van der Waals surface area contributed by atoms with Gasteiger partial charge in [-0.1, -0.05) is 18.2 Å². The third kappa shape index (κ3) is 6.67. The number of benzene rings is 3. The zero-order chi connectivity index (χ0) is 24.7. The van der Waals surface area contributed by atoms with E-state index in [1.165, 1.54) is 12.1 Å². The number of hydrogen-bond acceptors (Lipinski definition) is 8. The van der Waals surface area contributed by atoms with Crippen molar-refractivity contribution in [2.75, 3.05) is 5.32 Å². The summed E-state index contributed by atoms with van der Waals surface area (Å²) >= 11 is 0. The second-order valence-electron chi connectivity index (χ2n) is 6.98. The Hall–Kier alpha value is -4.66. The molecular weight excluding hydrogens is 442 g/mol. The summed E-state index contributed by atoms with van der Waals surface area (Å²) in [4.78, 5) is 47.4. The second kappa shape index (κ2) is 10.8. The van der Waals surface area contributed by atoms with E-state index in [2.05, 4.69) is 5.32 Å². The molecule has 9 heteroatoms. The van der Waals surface area contributed by atoms with Gasteiger partial charge in [0, 0.05) is 32.0 Å². The highest BCUT2D eigenvalue weighted by Crippen LogP contribution is 2.39. The van der Waals surface area contributed by atoms with Gasteiger partial charge < -0.3 is 24.3 Å². The maximum Gasteiger partial charge on any atom is 0.308 e. The molecule has 34 heavy (non-hydrogen) atoms. The molecule has 0 unspecified atom stereocenters. The number of rotatable bonds is 7. The Kier molecular flexibility index (Phi) is 7.60. The maximum absolute atomic E-state index is 12.9. The molecule has 1 N–H and O–H groups in total. The van der Waals surface area contributed by atoms with Crippen LogP contribution >= 0.6 is 0 Å². The lowest BCUT2D eigenvalue weighted by molar-refractivity contribution is -0.135. The van der Waals surface area contributed by atoms with E-state index in [-0.39, 0.29) is 22.8 Å². The van der Waals surface area contributed by atoms with Gasteiger partial charge in [0.25, 0.3) is 5.91 Å². The Balaban J connectivity index is 1.85. The minimum absolute atomic E-state index is 0.00647. The Morgan fingerprint density at radius 1 is 0.647 bits per heavy atom. The van der Waals surface area contributed by atoms with Gasteiger partial charge in [0.2, 0.25) is 5.75 Å². The summed E-state index contributed by atoms with van der Waals surface area (Å²) in [5, 5.41) is 2.69. The van der Waals surface area contributed by atoms with Gasteiger partial charge in [-0.3, -0.25) is 19.2 Å². The molecule has 3 aromatic rings. The Labute approximate surface area is 195 Å². The van der Waals surface area contributed by atoms with Crippen molar-refractivity contribution in [3.8, 4) is 28.7 Å². The van der Waals surface area contributed by atoms with Crippen molar-refractivity contribution in [3.63, 3.8) is 0 Å². The molecule has 0 atom stereocenters. The number of anilines is 1. The first-order valence-electron chi connectivity index (χ1n) is 10.1. The number of para-hydroxylation sites is 1. The summed E-state index contributed by atoms with van der Waals surface area (Å²) in [6.45, 7) is 3.39. The van der Waals surface area contributed by atoms with Gasteiger partial charge in [-0.05, 0) is 48.5 Å². The highest BCUT2D eigenvalue weighted by Gasteiger charge is 2.22. The van der Waals surface area contributed by atoms with E-state index in [1.807, 2.05) is 30.3 Å². The van der Waals surface area contributed by atoms with Crippen molar-refractivity contribution >= 4 is 29.5 Å². The van der Waals surface area contributed by atoms with Crippen molar-refractivity contribution in [1.29, 1.82) is 0 Å². The SMILES string of the molecule is CC(=O)Oc1cc(C(=O)Nc2ccc(Oc3ccccc3)cc2)cc(OC(C)=O)c1OC(C)=O. The number of hydrogen-bond donors (Lipinski definition) is 1. The summed E-state index contributed by atoms with van der Waals surface area (Å²) in [7, 11) is 0. The molecule has 3 aromatic carbocycles. The van der Waals surface area contributed by atoms with Crippen LogP contribution in [0.15, 0.2) is 66.7 Å². The van der Waals surface area contributed by atoms with Crippen LogP contribution in [-0.2, 0) is 14.4 Å².